The molecule has 4 rings (SSSR count). The summed E-state index contributed by atoms with van der Waals surface area (Å²) in [4.78, 5) is 46.0. The zero-order valence-electron chi connectivity index (χ0n) is 20.9. The van der Waals surface area contributed by atoms with Crippen LogP contribution in [-0.2, 0) is 17.9 Å². The lowest BCUT2D eigenvalue weighted by Crippen LogP contribution is -2.64. The van der Waals surface area contributed by atoms with Crippen molar-refractivity contribution in [2.45, 2.75) is 52.7 Å². The standard InChI is InChI=1S/C27H30FN5O3/c1-5-13-33-25(35)23-22(24(34)31-21-17(2)7-6-8-18(21)3)30-16-32(23)15-27(33,4)26(36)29-14-19-9-11-20(28)12-10-19/h6-12,16H,5,13-15H2,1-4H3,(H,29,36)(H,31,34). The van der Waals surface area contributed by atoms with Gasteiger partial charge >= 0.3 is 0 Å². The summed E-state index contributed by atoms with van der Waals surface area (Å²) in [6.45, 7) is 8.10. The molecule has 1 atom stereocenters. The van der Waals surface area contributed by atoms with Crippen LogP contribution < -0.4 is 10.6 Å². The second-order valence-electron chi connectivity index (χ2n) is 9.33. The van der Waals surface area contributed by atoms with Gasteiger partial charge in [-0.2, -0.15) is 0 Å². The predicted octanol–water partition coefficient (Wildman–Crippen LogP) is 3.83. The molecule has 1 aliphatic rings. The fraction of sp³-hybridized carbons (Fsp3) is 0.333. The third kappa shape index (κ3) is 4.60. The highest BCUT2D eigenvalue weighted by atomic mass is 19.1. The fourth-order valence-electron chi connectivity index (χ4n) is 4.59. The minimum Gasteiger partial charge on any atom is -0.350 e. The van der Waals surface area contributed by atoms with E-state index in [0.29, 0.717) is 18.7 Å². The second kappa shape index (κ2) is 9.93. The van der Waals surface area contributed by atoms with Gasteiger partial charge in [-0.3, -0.25) is 14.4 Å². The van der Waals surface area contributed by atoms with Crippen molar-refractivity contribution in [2.75, 3.05) is 11.9 Å². The number of para-hydroxylation sites is 1. The van der Waals surface area contributed by atoms with Crippen LogP contribution >= 0.6 is 0 Å². The maximum Gasteiger partial charge on any atom is 0.276 e. The maximum absolute atomic E-state index is 13.7. The van der Waals surface area contributed by atoms with Crippen molar-refractivity contribution in [3.05, 3.63) is 82.7 Å². The summed E-state index contributed by atoms with van der Waals surface area (Å²) in [5.41, 5.74) is 2.23. The normalized spacial score (nSPS) is 17.0. The fourth-order valence-corrected chi connectivity index (χ4v) is 4.59. The van der Waals surface area contributed by atoms with Crippen LogP contribution in [0.3, 0.4) is 0 Å². The minimum atomic E-state index is -1.19. The van der Waals surface area contributed by atoms with Crippen molar-refractivity contribution in [1.82, 2.24) is 19.8 Å². The van der Waals surface area contributed by atoms with Crippen LogP contribution in [0.5, 0.6) is 0 Å². The van der Waals surface area contributed by atoms with Gasteiger partial charge in [-0.1, -0.05) is 37.3 Å². The molecule has 1 unspecified atom stereocenters. The molecule has 1 aromatic heterocycles. The molecule has 0 radical (unpaired) electrons. The Morgan fingerprint density at radius 2 is 1.78 bits per heavy atom. The first-order chi connectivity index (χ1) is 17.2. The largest absolute Gasteiger partial charge is 0.350 e. The van der Waals surface area contributed by atoms with Crippen LogP contribution in [0.15, 0.2) is 48.8 Å². The number of imidazole rings is 1. The number of rotatable bonds is 7. The molecule has 1 aliphatic heterocycles. The van der Waals surface area contributed by atoms with Crippen molar-refractivity contribution < 1.29 is 18.8 Å². The Bertz CT molecular complexity index is 1300. The first-order valence-electron chi connectivity index (χ1n) is 11.9. The summed E-state index contributed by atoms with van der Waals surface area (Å²) < 4.78 is 14.8. The van der Waals surface area contributed by atoms with Gasteiger partial charge in [-0.25, -0.2) is 9.37 Å². The molecule has 3 aromatic rings. The molecular weight excluding hydrogens is 461 g/mol. The highest BCUT2D eigenvalue weighted by Gasteiger charge is 2.48. The molecule has 0 saturated heterocycles. The number of nitrogens with one attached hydrogen (secondary N) is 2. The molecule has 0 spiro atoms. The number of carbonyl (C=O) groups is 3. The SMILES string of the molecule is CCCN1C(=O)c2c(C(=O)Nc3c(C)cccc3C)ncn2CC1(C)C(=O)NCc1ccc(F)cc1. The van der Waals surface area contributed by atoms with Crippen molar-refractivity contribution >= 4 is 23.4 Å². The van der Waals surface area contributed by atoms with E-state index in [1.807, 2.05) is 39.0 Å². The number of amides is 3. The van der Waals surface area contributed by atoms with E-state index in [4.69, 9.17) is 0 Å². The Labute approximate surface area is 209 Å². The average Bonchev–Trinajstić information content (AvgIpc) is 3.27. The molecule has 36 heavy (non-hydrogen) atoms. The number of aryl methyl sites for hydroxylation is 2. The Morgan fingerprint density at radius 1 is 1.11 bits per heavy atom. The molecule has 188 valence electrons. The molecule has 2 N–H and O–H groups in total. The smallest absolute Gasteiger partial charge is 0.276 e. The highest BCUT2D eigenvalue weighted by Crippen LogP contribution is 2.30. The summed E-state index contributed by atoms with van der Waals surface area (Å²) in [6.07, 6.45) is 2.06. The average molecular weight is 492 g/mol. The van der Waals surface area contributed by atoms with Gasteiger partial charge in [0.05, 0.1) is 12.9 Å². The third-order valence-corrected chi connectivity index (χ3v) is 6.60. The highest BCUT2D eigenvalue weighted by molar-refractivity contribution is 6.12. The van der Waals surface area contributed by atoms with Gasteiger partial charge < -0.3 is 20.1 Å². The number of hydrogen-bond acceptors (Lipinski definition) is 4. The monoisotopic (exact) mass is 491 g/mol. The van der Waals surface area contributed by atoms with Gasteiger partial charge in [0.1, 0.15) is 17.1 Å². The van der Waals surface area contributed by atoms with Gasteiger partial charge in [-0.05, 0) is 56.0 Å². The predicted molar refractivity (Wildman–Crippen MR) is 134 cm³/mol. The van der Waals surface area contributed by atoms with E-state index in [1.54, 1.807) is 23.6 Å². The quantitative estimate of drug-likeness (QED) is 0.525. The number of hydrogen-bond donors (Lipinski definition) is 2. The summed E-state index contributed by atoms with van der Waals surface area (Å²) >= 11 is 0. The summed E-state index contributed by atoms with van der Waals surface area (Å²) in [5.74, 6) is -1.59. The third-order valence-electron chi connectivity index (χ3n) is 6.60. The molecule has 8 nitrogen and oxygen atoms in total. The van der Waals surface area contributed by atoms with Crippen molar-refractivity contribution in [3.8, 4) is 0 Å². The molecule has 3 amide bonds. The second-order valence-corrected chi connectivity index (χ2v) is 9.33. The number of carbonyl (C=O) groups excluding carboxylic acids is 3. The van der Waals surface area contributed by atoms with Gasteiger partial charge in [0, 0.05) is 18.8 Å². The number of aromatic nitrogens is 2. The molecule has 0 saturated carbocycles. The lowest BCUT2D eigenvalue weighted by molar-refractivity contribution is -0.133. The first-order valence-corrected chi connectivity index (χ1v) is 11.9. The Balaban J connectivity index is 1.60. The van der Waals surface area contributed by atoms with E-state index >= 15 is 0 Å². The molecule has 0 bridgehead atoms. The summed E-state index contributed by atoms with van der Waals surface area (Å²) in [7, 11) is 0. The van der Waals surface area contributed by atoms with Crippen LogP contribution in [0.25, 0.3) is 0 Å². The van der Waals surface area contributed by atoms with Crippen molar-refractivity contribution in [1.29, 1.82) is 0 Å². The lowest BCUT2D eigenvalue weighted by Gasteiger charge is -2.43. The van der Waals surface area contributed by atoms with Crippen LogP contribution in [0.4, 0.5) is 10.1 Å². The Morgan fingerprint density at radius 3 is 2.42 bits per heavy atom. The van der Waals surface area contributed by atoms with Crippen LogP contribution in [0.1, 0.15) is 57.9 Å². The minimum absolute atomic E-state index is 0.0255. The molecule has 0 fully saturated rings. The van der Waals surface area contributed by atoms with E-state index in [0.717, 1.165) is 16.7 Å². The molecular formula is C27H30FN5O3. The van der Waals surface area contributed by atoms with E-state index in [9.17, 15) is 18.8 Å². The number of anilines is 1. The van der Waals surface area contributed by atoms with E-state index in [1.165, 1.54) is 23.4 Å². The van der Waals surface area contributed by atoms with Crippen molar-refractivity contribution in [2.24, 2.45) is 0 Å². The number of halogens is 1. The first kappa shape index (κ1) is 25.1. The number of benzene rings is 2. The maximum atomic E-state index is 13.7. The molecule has 2 aromatic carbocycles. The molecule has 2 heterocycles. The Kier molecular flexibility index (Phi) is 6.92. The topological polar surface area (TPSA) is 96.3 Å². The number of fused-ring (bicyclic) bond motifs is 1. The van der Waals surface area contributed by atoms with Gasteiger partial charge in [0.25, 0.3) is 11.8 Å². The van der Waals surface area contributed by atoms with Crippen molar-refractivity contribution in [3.63, 3.8) is 0 Å². The summed E-state index contributed by atoms with van der Waals surface area (Å²) in [6, 6.07) is 11.6. The lowest BCUT2D eigenvalue weighted by atomic mass is 9.93. The Hall–Kier alpha value is -4.01. The number of nitrogens with zero attached hydrogens (tertiary/aromatic N) is 3. The van der Waals surface area contributed by atoms with Gasteiger partial charge in [-0.15, -0.1) is 0 Å². The zero-order valence-corrected chi connectivity index (χ0v) is 20.9. The van der Waals surface area contributed by atoms with Crippen LogP contribution in [0.2, 0.25) is 0 Å². The molecule has 0 aliphatic carbocycles. The summed E-state index contributed by atoms with van der Waals surface area (Å²) in [5, 5.41) is 5.77. The van der Waals surface area contributed by atoms with Crippen LogP contribution in [-0.4, -0.2) is 44.3 Å². The van der Waals surface area contributed by atoms with Crippen LogP contribution in [0, 0.1) is 19.7 Å². The zero-order chi connectivity index (χ0) is 26.0. The molecule has 9 heteroatoms. The van der Waals surface area contributed by atoms with E-state index in [2.05, 4.69) is 15.6 Å². The van der Waals surface area contributed by atoms with Gasteiger partial charge in [0.15, 0.2) is 5.69 Å². The van der Waals surface area contributed by atoms with E-state index in [-0.39, 0.29) is 36.2 Å². The van der Waals surface area contributed by atoms with Gasteiger partial charge in [0.2, 0.25) is 5.91 Å². The van der Waals surface area contributed by atoms with E-state index < -0.39 is 17.4 Å².